The fourth-order valence-electron chi connectivity index (χ4n) is 2.38. The summed E-state index contributed by atoms with van der Waals surface area (Å²) in [6.45, 7) is 6.91. The van der Waals surface area contributed by atoms with Gasteiger partial charge in [0.1, 0.15) is 5.75 Å². The second kappa shape index (κ2) is 6.57. The third kappa shape index (κ3) is 3.70. The highest BCUT2D eigenvalue weighted by atomic mass is 16.5. The van der Waals surface area contributed by atoms with Gasteiger partial charge in [-0.15, -0.1) is 0 Å². The van der Waals surface area contributed by atoms with Crippen LogP contribution >= 0.6 is 0 Å². The Morgan fingerprint density at radius 2 is 2.16 bits per heavy atom. The lowest BCUT2D eigenvalue weighted by molar-refractivity contribution is -0.137. The first-order valence-corrected chi connectivity index (χ1v) is 6.86. The van der Waals surface area contributed by atoms with Crippen molar-refractivity contribution < 1.29 is 9.53 Å². The Morgan fingerprint density at radius 1 is 1.42 bits per heavy atom. The number of para-hydroxylation sites is 1. The Balaban J connectivity index is 1.91. The average molecular weight is 262 g/mol. The van der Waals surface area contributed by atoms with Gasteiger partial charge in [-0.3, -0.25) is 4.79 Å². The summed E-state index contributed by atoms with van der Waals surface area (Å²) >= 11 is 0. The normalized spacial score (nSPS) is 19.5. The van der Waals surface area contributed by atoms with Crippen LogP contribution in [0.15, 0.2) is 30.3 Å². The van der Waals surface area contributed by atoms with E-state index in [1.54, 1.807) is 0 Å². The molecule has 0 radical (unpaired) electrons. The number of benzene rings is 1. The Kier molecular flexibility index (Phi) is 4.80. The van der Waals surface area contributed by atoms with E-state index in [1.165, 1.54) is 0 Å². The van der Waals surface area contributed by atoms with Crippen molar-refractivity contribution in [3.05, 3.63) is 30.3 Å². The molecule has 0 aliphatic carbocycles. The fraction of sp³-hybridized carbons (Fsp3) is 0.533. The van der Waals surface area contributed by atoms with Gasteiger partial charge in [0, 0.05) is 25.7 Å². The van der Waals surface area contributed by atoms with Gasteiger partial charge in [0.25, 0.3) is 5.91 Å². The number of amides is 1. The highest BCUT2D eigenvalue weighted by molar-refractivity contribution is 5.78. The van der Waals surface area contributed by atoms with E-state index in [9.17, 15) is 4.79 Å². The van der Waals surface area contributed by atoms with E-state index in [-0.39, 0.29) is 18.6 Å². The van der Waals surface area contributed by atoms with Crippen molar-refractivity contribution in [3.63, 3.8) is 0 Å². The summed E-state index contributed by atoms with van der Waals surface area (Å²) in [5, 5.41) is 3.34. The van der Waals surface area contributed by atoms with Crippen molar-refractivity contribution in [2.45, 2.75) is 19.9 Å². The van der Waals surface area contributed by atoms with Crippen LogP contribution in [0.3, 0.4) is 0 Å². The van der Waals surface area contributed by atoms with Crippen molar-refractivity contribution in [3.8, 4) is 5.75 Å². The molecular formula is C15H22N2O2. The number of hydrogen-bond acceptors (Lipinski definition) is 3. The minimum absolute atomic E-state index is 0.0732. The van der Waals surface area contributed by atoms with Crippen LogP contribution in [0.1, 0.15) is 13.8 Å². The molecule has 1 atom stereocenters. The number of ether oxygens (including phenoxy) is 1. The minimum atomic E-state index is 0.0732. The molecule has 19 heavy (non-hydrogen) atoms. The summed E-state index contributed by atoms with van der Waals surface area (Å²) in [4.78, 5) is 14.2. The van der Waals surface area contributed by atoms with Crippen LogP contribution in [0.4, 0.5) is 0 Å². The second-order valence-electron chi connectivity index (χ2n) is 5.20. The van der Waals surface area contributed by atoms with Crippen LogP contribution in [0.5, 0.6) is 5.75 Å². The van der Waals surface area contributed by atoms with E-state index in [0.717, 1.165) is 25.4 Å². The molecule has 2 rings (SSSR count). The minimum Gasteiger partial charge on any atom is -0.484 e. The van der Waals surface area contributed by atoms with Gasteiger partial charge >= 0.3 is 0 Å². The van der Waals surface area contributed by atoms with Crippen LogP contribution in [0.25, 0.3) is 0 Å². The van der Waals surface area contributed by atoms with Crippen molar-refractivity contribution in [2.75, 3.05) is 26.2 Å². The molecule has 1 aromatic carbocycles. The topological polar surface area (TPSA) is 41.6 Å². The van der Waals surface area contributed by atoms with Gasteiger partial charge in [-0.05, 0) is 18.1 Å². The predicted molar refractivity (Wildman–Crippen MR) is 75.1 cm³/mol. The zero-order valence-corrected chi connectivity index (χ0v) is 11.6. The van der Waals surface area contributed by atoms with Crippen molar-refractivity contribution in [1.29, 1.82) is 0 Å². The molecule has 104 valence electrons. The third-order valence-electron chi connectivity index (χ3n) is 3.48. The van der Waals surface area contributed by atoms with E-state index >= 15 is 0 Å². The summed E-state index contributed by atoms with van der Waals surface area (Å²) in [6.07, 6.45) is 0. The first-order valence-electron chi connectivity index (χ1n) is 6.86. The summed E-state index contributed by atoms with van der Waals surface area (Å²) in [5.74, 6) is 1.27. The first kappa shape index (κ1) is 13.9. The van der Waals surface area contributed by atoms with E-state index in [2.05, 4.69) is 19.2 Å². The molecule has 1 aliphatic heterocycles. The molecule has 1 heterocycles. The largest absolute Gasteiger partial charge is 0.484 e. The molecule has 0 bridgehead atoms. The summed E-state index contributed by atoms with van der Waals surface area (Å²) < 4.78 is 5.54. The molecule has 1 unspecified atom stereocenters. The summed E-state index contributed by atoms with van der Waals surface area (Å²) in [6, 6.07) is 9.74. The lowest BCUT2D eigenvalue weighted by atomic mass is 10.0. The molecule has 1 amide bonds. The molecule has 1 saturated heterocycles. The Bertz CT molecular complexity index is 406. The van der Waals surface area contributed by atoms with E-state index in [1.807, 2.05) is 35.2 Å². The Hall–Kier alpha value is -1.55. The van der Waals surface area contributed by atoms with E-state index in [4.69, 9.17) is 4.74 Å². The van der Waals surface area contributed by atoms with Gasteiger partial charge in [-0.2, -0.15) is 0 Å². The number of piperazine rings is 1. The molecule has 0 saturated carbocycles. The van der Waals surface area contributed by atoms with E-state index in [0.29, 0.717) is 5.92 Å². The number of carbonyl (C=O) groups is 1. The van der Waals surface area contributed by atoms with Crippen LogP contribution < -0.4 is 10.1 Å². The van der Waals surface area contributed by atoms with Gasteiger partial charge in [0.05, 0.1) is 0 Å². The number of hydrogen-bond donors (Lipinski definition) is 1. The molecular weight excluding hydrogens is 240 g/mol. The Morgan fingerprint density at radius 3 is 2.84 bits per heavy atom. The SMILES string of the molecule is CC(C)C1CNCCN1C(=O)COc1ccccc1. The smallest absolute Gasteiger partial charge is 0.260 e. The maximum Gasteiger partial charge on any atom is 0.260 e. The first-order chi connectivity index (χ1) is 9.18. The van der Waals surface area contributed by atoms with Gasteiger partial charge in [0.15, 0.2) is 6.61 Å². The fourth-order valence-corrected chi connectivity index (χ4v) is 2.38. The third-order valence-corrected chi connectivity index (χ3v) is 3.48. The van der Waals surface area contributed by atoms with Gasteiger partial charge in [0.2, 0.25) is 0 Å². The van der Waals surface area contributed by atoms with Crippen LogP contribution in [0.2, 0.25) is 0 Å². The van der Waals surface area contributed by atoms with E-state index < -0.39 is 0 Å². The number of carbonyl (C=O) groups excluding carboxylic acids is 1. The average Bonchev–Trinajstić information content (AvgIpc) is 2.46. The van der Waals surface area contributed by atoms with Crippen molar-refractivity contribution >= 4 is 5.91 Å². The van der Waals surface area contributed by atoms with Gasteiger partial charge in [-0.25, -0.2) is 0 Å². The maximum absolute atomic E-state index is 12.3. The van der Waals surface area contributed by atoms with Crippen LogP contribution in [-0.4, -0.2) is 43.1 Å². The second-order valence-corrected chi connectivity index (χ2v) is 5.20. The van der Waals surface area contributed by atoms with Crippen molar-refractivity contribution in [2.24, 2.45) is 5.92 Å². The summed E-state index contributed by atoms with van der Waals surface area (Å²) in [7, 11) is 0. The molecule has 0 spiro atoms. The number of nitrogens with zero attached hydrogens (tertiary/aromatic N) is 1. The number of nitrogens with one attached hydrogen (secondary N) is 1. The van der Waals surface area contributed by atoms with Gasteiger partial charge < -0.3 is 15.0 Å². The zero-order chi connectivity index (χ0) is 13.7. The molecule has 1 N–H and O–H groups in total. The lowest BCUT2D eigenvalue weighted by Crippen LogP contribution is -2.56. The molecule has 1 aliphatic rings. The molecule has 1 aromatic rings. The molecule has 4 nitrogen and oxygen atoms in total. The Labute approximate surface area is 114 Å². The zero-order valence-electron chi connectivity index (χ0n) is 11.6. The molecule has 4 heteroatoms. The predicted octanol–water partition coefficient (Wildman–Crippen LogP) is 1.52. The van der Waals surface area contributed by atoms with Gasteiger partial charge in [-0.1, -0.05) is 32.0 Å². The number of rotatable bonds is 4. The van der Waals surface area contributed by atoms with Crippen molar-refractivity contribution in [1.82, 2.24) is 10.2 Å². The van der Waals surface area contributed by atoms with Crippen LogP contribution in [0, 0.1) is 5.92 Å². The maximum atomic E-state index is 12.3. The lowest BCUT2D eigenvalue weighted by Gasteiger charge is -2.38. The molecule has 1 fully saturated rings. The highest BCUT2D eigenvalue weighted by Crippen LogP contribution is 2.14. The highest BCUT2D eigenvalue weighted by Gasteiger charge is 2.28. The summed E-state index contributed by atoms with van der Waals surface area (Å²) in [5.41, 5.74) is 0. The standard InChI is InChI=1S/C15H22N2O2/c1-12(2)14-10-16-8-9-17(14)15(18)11-19-13-6-4-3-5-7-13/h3-7,12,14,16H,8-11H2,1-2H3. The monoisotopic (exact) mass is 262 g/mol. The molecule has 0 aromatic heterocycles. The van der Waals surface area contributed by atoms with Crippen LogP contribution in [-0.2, 0) is 4.79 Å². The quantitative estimate of drug-likeness (QED) is 0.894.